The summed E-state index contributed by atoms with van der Waals surface area (Å²) in [6, 6.07) is 13.9. The number of nitrogens with zero attached hydrogens (tertiary/aromatic N) is 3. The molecule has 2 unspecified atom stereocenters. The Morgan fingerprint density at radius 3 is 2.86 bits per heavy atom. The number of piperazine rings is 1. The lowest BCUT2D eigenvalue weighted by Gasteiger charge is -2.30. The van der Waals surface area contributed by atoms with E-state index in [4.69, 9.17) is 0 Å². The van der Waals surface area contributed by atoms with Crippen LogP contribution < -0.4 is 15.8 Å². The Bertz CT molecular complexity index is 1220. The maximum absolute atomic E-state index is 12.8. The third kappa shape index (κ3) is 2.05. The summed E-state index contributed by atoms with van der Waals surface area (Å²) in [6.45, 7) is 6.44. The van der Waals surface area contributed by atoms with Gasteiger partial charge < -0.3 is 10.2 Å². The van der Waals surface area contributed by atoms with E-state index < -0.39 is 0 Å². The van der Waals surface area contributed by atoms with Crippen molar-refractivity contribution in [2.75, 3.05) is 18.0 Å². The highest BCUT2D eigenvalue weighted by Crippen LogP contribution is 2.45. The van der Waals surface area contributed by atoms with Crippen LogP contribution >= 0.6 is 15.9 Å². The molecule has 2 fully saturated rings. The first-order valence-electron chi connectivity index (χ1n) is 9.82. The van der Waals surface area contributed by atoms with Crippen LogP contribution in [-0.4, -0.2) is 34.7 Å². The quantitative estimate of drug-likeness (QED) is 0.635. The molecule has 3 aromatic rings. The molecule has 0 aliphatic carbocycles. The number of halogens is 1. The topological polar surface area (TPSA) is 50.2 Å². The SMILES string of the molecule is CC1(C)c2ccc(N3CC4CC3CN4)cc2-n2c1nc(=O)c1c(Br)cccc12. The standard InChI is InChI=1S/C22H21BrN4O/c1-22(2)15-7-6-13(26-11-12-8-14(26)10-24-12)9-18(15)27-17-5-3-4-16(23)19(17)20(28)25-21(22)27/h3-7,9,12,14,24H,8,10-11H2,1-2H3. The number of nitrogens with one attached hydrogen (secondary N) is 1. The molecule has 2 bridgehead atoms. The molecule has 1 aromatic heterocycles. The minimum Gasteiger partial charge on any atom is -0.366 e. The molecule has 2 saturated heterocycles. The van der Waals surface area contributed by atoms with Gasteiger partial charge in [-0.05, 0) is 66.0 Å². The van der Waals surface area contributed by atoms with Gasteiger partial charge in [-0.1, -0.05) is 12.1 Å². The average molecular weight is 437 g/mol. The van der Waals surface area contributed by atoms with Crippen molar-refractivity contribution in [3.8, 4) is 5.69 Å². The Kier molecular flexibility index (Phi) is 3.26. The Hall–Kier alpha value is -2.18. The minimum absolute atomic E-state index is 0.169. The second-order valence-electron chi connectivity index (χ2n) is 8.68. The molecule has 2 aromatic carbocycles. The molecule has 142 valence electrons. The van der Waals surface area contributed by atoms with Gasteiger partial charge in [0.2, 0.25) is 0 Å². The average Bonchev–Trinajstić information content (AvgIpc) is 3.35. The lowest BCUT2D eigenvalue weighted by atomic mass is 9.85. The molecule has 28 heavy (non-hydrogen) atoms. The fraction of sp³-hybridized carbons (Fsp3) is 0.364. The van der Waals surface area contributed by atoms with Crippen LogP contribution in [0.15, 0.2) is 45.7 Å². The largest absolute Gasteiger partial charge is 0.366 e. The number of hydrogen-bond acceptors (Lipinski definition) is 4. The molecule has 0 spiro atoms. The van der Waals surface area contributed by atoms with Gasteiger partial charge in [0, 0.05) is 35.3 Å². The van der Waals surface area contributed by atoms with Gasteiger partial charge in [0.1, 0.15) is 5.82 Å². The third-order valence-corrected chi connectivity index (χ3v) is 7.37. The summed E-state index contributed by atoms with van der Waals surface area (Å²) < 4.78 is 2.98. The molecule has 4 heterocycles. The van der Waals surface area contributed by atoms with Crippen LogP contribution in [0.5, 0.6) is 0 Å². The van der Waals surface area contributed by atoms with Crippen molar-refractivity contribution in [3.63, 3.8) is 0 Å². The maximum atomic E-state index is 12.8. The number of rotatable bonds is 1. The first-order chi connectivity index (χ1) is 13.4. The predicted octanol–water partition coefficient (Wildman–Crippen LogP) is 3.34. The summed E-state index contributed by atoms with van der Waals surface area (Å²) in [7, 11) is 0. The smallest absolute Gasteiger partial charge is 0.281 e. The van der Waals surface area contributed by atoms with Gasteiger partial charge in [-0.15, -0.1) is 0 Å². The third-order valence-electron chi connectivity index (χ3n) is 6.71. The Labute approximate surface area is 171 Å². The summed E-state index contributed by atoms with van der Waals surface area (Å²) in [6.07, 6.45) is 1.23. The lowest BCUT2D eigenvalue weighted by molar-refractivity contribution is 0.580. The summed E-state index contributed by atoms with van der Waals surface area (Å²) >= 11 is 3.55. The monoisotopic (exact) mass is 436 g/mol. The van der Waals surface area contributed by atoms with Crippen LogP contribution in [0.4, 0.5) is 5.69 Å². The predicted molar refractivity (Wildman–Crippen MR) is 115 cm³/mol. The molecule has 0 radical (unpaired) electrons. The van der Waals surface area contributed by atoms with E-state index >= 15 is 0 Å². The molecule has 5 nitrogen and oxygen atoms in total. The summed E-state index contributed by atoms with van der Waals surface area (Å²) in [5, 5.41) is 4.22. The van der Waals surface area contributed by atoms with E-state index in [-0.39, 0.29) is 11.0 Å². The molecule has 0 amide bonds. The summed E-state index contributed by atoms with van der Waals surface area (Å²) in [5.41, 5.74) is 4.06. The van der Waals surface area contributed by atoms with Gasteiger partial charge in [0.05, 0.1) is 22.0 Å². The van der Waals surface area contributed by atoms with Gasteiger partial charge in [0.25, 0.3) is 5.56 Å². The molecular weight excluding hydrogens is 416 g/mol. The first-order valence-corrected chi connectivity index (χ1v) is 10.6. The van der Waals surface area contributed by atoms with Crippen molar-refractivity contribution in [2.24, 2.45) is 0 Å². The van der Waals surface area contributed by atoms with Crippen LogP contribution in [0.3, 0.4) is 0 Å². The molecule has 6 rings (SSSR count). The molecule has 6 heteroatoms. The van der Waals surface area contributed by atoms with Gasteiger partial charge in [-0.25, -0.2) is 0 Å². The van der Waals surface area contributed by atoms with E-state index in [1.165, 1.54) is 17.7 Å². The van der Waals surface area contributed by atoms with E-state index in [9.17, 15) is 4.79 Å². The highest BCUT2D eigenvalue weighted by molar-refractivity contribution is 9.10. The highest BCUT2D eigenvalue weighted by Gasteiger charge is 2.41. The molecule has 2 atom stereocenters. The van der Waals surface area contributed by atoms with Crippen molar-refractivity contribution in [3.05, 3.63) is 62.6 Å². The normalized spacial score (nSPS) is 24.0. The van der Waals surface area contributed by atoms with E-state index in [1.54, 1.807) is 0 Å². The van der Waals surface area contributed by atoms with Crippen molar-refractivity contribution in [1.29, 1.82) is 0 Å². The second-order valence-corrected chi connectivity index (χ2v) is 9.54. The zero-order valence-corrected chi connectivity index (χ0v) is 17.5. The van der Waals surface area contributed by atoms with Crippen molar-refractivity contribution >= 4 is 32.5 Å². The van der Waals surface area contributed by atoms with Gasteiger partial charge in [-0.3, -0.25) is 9.36 Å². The molecule has 1 N–H and O–H groups in total. The zero-order chi connectivity index (χ0) is 19.2. The van der Waals surface area contributed by atoms with Gasteiger partial charge >= 0.3 is 0 Å². The lowest BCUT2D eigenvalue weighted by Crippen LogP contribution is -2.43. The van der Waals surface area contributed by atoms with E-state index in [0.29, 0.717) is 17.5 Å². The maximum Gasteiger partial charge on any atom is 0.281 e. The Morgan fingerprint density at radius 2 is 2.11 bits per heavy atom. The Morgan fingerprint density at radius 1 is 1.25 bits per heavy atom. The molecule has 0 saturated carbocycles. The van der Waals surface area contributed by atoms with Crippen LogP contribution in [0.25, 0.3) is 16.6 Å². The highest BCUT2D eigenvalue weighted by atomic mass is 79.9. The van der Waals surface area contributed by atoms with E-state index in [0.717, 1.165) is 34.6 Å². The van der Waals surface area contributed by atoms with Gasteiger partial charge in [-0.2, -0.15) is 4.98 Å². The first kappa shape index (κ1) is 16.7. The molecule has 3 aliphatic rings. The summed E-state index contributed by atoms with van der Waals surface area (Å²) in [5.74, 6) is 0.819. The van der Waals surface area contributed by atoms with Crippen LogP contribution in [0.2, 0.25) is 0 Å². The fourth-order valence-electron chi connectivity index (χ4n) is 5.30. The number of hydrogen-bond donors (Lipinski definition) is 1. The fourth-order valence-corrected chi connectivity index (χ4v) is 5.83. The minimum atomic E-state index is -0.310. The molecule has 3 aliphatic heterocycles. The van der Waals surface area contributed by atoms with Crippen LogP contribution in [0, 0.1) is 0 Å². The van der Waals surface area contributed by atoms with Crippen molar-refractivity contribution in [2.45, 2.75) is 37.8 Å². The number of benzene rings is 2. The van der Waals surface area contributed by atoms with E-state index in [2.05, 4.69) is 67.7 Å². The Balaban J connectivity index is 1.63. The number of fused-ring (bicyclic) bond motifs is 7. The van der Waals surface area contributed by atoms with Gasteiger partial charge in [0.15, 0.2) is 0 Å². The number of anilines is 1. The van der Waals surface area contributed by atoms with E-state index in [1.807, 2.05) is 18.2 Å². The van der Waals surface area contributed by atoms with Crippen LogP contribution in [0.1, 0.15) is 31.7 Å². The van der Waals surface area contributed by atoms with Crippen molar-refractivity contribution < 1.29 is 0 Å². The second kappa shape index (κ2) is 5.45. The zero-order valence-electron chi connectivity index (χ0n) is 15.9. The number of aromatic nitrogens is 2. The van der Waals surface area contributed by atoms with Crippen molar-refractivity contribution in [1.82, 2.24) is 14.9 Å². The summed E-state index contributed by atoms with van der Waals surface area (Å²) in [4.78, 5) is 19.8. The van der Waals surface area contributed by atoms with Crippen LogP contribution in [-0.2, 0) is 5.41 Å². The molecular formula is C22H21BrN4O.